The van der Waals surface area contributed by atoms with Crippen LogP contribution in [0.25, 0.3) is 0 Å². The summed E-state index contributed by atoms with van der Waals surface area (Å²) in [7, 11) is -3.76. The van der Waals surface area contributed by atoms with E-state index in [9.17, 15) is 22.0 Å². The Bertz CT molecular complexity index is 968. The molecule has 30 heavy (non-hydrogen) atoms. The van der Waals surface area contributed by atoms with Gasteiger partial charge in [-0.05, 0) is 48.7 Å². The molecule has 0 aromatic heterocycles. The predicted octanol–water partition coefficient (Wildman–Crippen LogP) is 3.42. The molecule has 0 radical (unpaired) electrons. The Kier molecular flexibility index (Phi) is 7.85. The molecular weight excluding hydrogens is 430 g/mol. The fourth-order valence-electron chi connectivity index (χ4n) is 3.32. The molecule has 162 valence electrons. The minimum atomic E-state index is -3.76. The fourth-order valence-corrected chi connectivity index (χ4v) is 5.69. The maximum atomic E-state index is 13.6. The van der Waals surface area contributed by atoms with Crippen LogP contribution in [-0.4, -0.2) is 44.0 Å². The first-order chi connectivity index (χ1) is 14.4. The van der Waals surface area contributed by atoms with Crippen molar-refractivity contribution in [3.8, 4) is 0 Å². The lowest BCUT2D eigenvalue weighted by molar-refractivity contribution is -0.125. The number of piperidine rings is 1. The molecule has 0 aliphatic carbocycles. The average molecular weight is 455 g/mol. The van der Waals surface area contributed by atoms with Gasteiger partial charge in [0.15, 0.2) is 0 Å². The van der Waals surface area contributed by atoms with Crippen molar-refractivity contribution in [2.24, 2.45) is 5.92 Å². The number of sulfonamides is 1. The average Bonchev–Trinajstić information content (AvgIpc) is 2.75. The Morgan fingerprint density at radius 3 is 2.60 bits per heavy atom. The molecule has 3 rings (SSSR count). The molecule has 1 aliphatic heterocycles. The van der Waals surface area contributed by atoms with Gasteiger partial charge < -0.3 is 5.32 Å². The number of halogens is 2. The van der Waals surface area contributed by atoms with E-state index in [2.05, 4.69) is 5.32 Å². The first kappa shape index (κ1) is 22.7. The first-order valence-electron chi connectivity index (χ1n) is 9.72. The van der Waals surface area contributed by atoms with Crippen LogP contribution in [0.4, 0.5) is 8.78 Å². The largest absolute Gasteiger partial charge is 0.355 e. The molecule has 0 unspecified atom stereocenters. The Hall–Kier alpha value is -1.97. The van der Waals surface area contributed by atoms with Gasteiger partial charge in [-0.3, -0.25) is 4.79 Å². The smallest absolute Gasteiger partial charge is 0.243 e. The molecule has 0 saturated carbocycles. The zero-order chi connectivity index (χ0) is 21.6. The standard InChI is InChI=1S/C21H24F2N2O3S2/c22-18-7-9-19(10-8-18)30(27,28)25-12-3-5-16(14-25)21(26)24-11-13-29-15-17-4-1-2-6-20(17)23/h1-2,4,6-10,16H,3,5,11-15H2,(H,24,26)/t16-/m0/s1. The molecule has 1 amide bonds. The number of thioether (sulfide) groups is 1. The van der Waals surface area contributed by atoms with Crippen molar-refractivity contribution in [1.29, 1.82) is 0 Å². The van der Waals surface area contributed by atoms with Gasteiger partial charge in [-0.15, -0.1) is 0 Å². The third kappa shape index (κ3) is 5.80. The van der Waals surface area contributed by atoms with Crippen LogP contribution in [0.5, 0.6) is 0 Å². The van der Waals surface area contributed by atoms with Gasteiger partial charge in [0.2, 0.25) is 15.9 Å². The number of hydrogen-bond donors (Lipinski definition) is 1. The Labute approximate surface area is 179 Å². The van der Waals surface area contributed by atoms with Crippen molar-refractivity contribution in [3.05, 3.63) is 65.7 Å². The van der Waals surface area contributed by atoms with Crippen molar-refractivity contribution in [2.75, 3.05) is 25.4 Å². The summed E-state index contributed by atoms with van der Waals surface area (Å²) in [4.78, 5) is 12.5. The zero-order valence-electron chi connectivity index (χ0n) is 16.4. The van der Waals surface area contributed by atoms with E-state index in [4.69, 9.17) is 0 Å². The van der Waals surface area contributed by atoms with Gasteiger partial charge in [-0.2, -0.15) is 16.1 Å². The first-order valence-corrected chi connectivity index (χ1v) is 12.3. The van der Waals surface area contributed by atoms with Crippen LogP contribution in [-0.2, 0) is 20.6 Å². The van der Waals surface area contributed by atoms with Crippen molar-refractivity contribution in [3.63, 3.8) is 0 Å². The maximum absolute atomic E-state index is 13.6. The summed E-state index contributed by atoms with van der Waals surface area (Å²) in [5, 5.41) is 2.85. The van der Waals surface area contributed by atoms with Gasteiger partial charge in [0.1, 0.15) is 11.6 Å². The van der Waals surface area contributed by atoms with Crippen molar-refractivity contribution in [2.45, 2.75) is 23.5 Å². The van der Waals surface area contributed by atoms with E-state index in [0.717, 1.165) is 12.1 Å². The highest BCUT2D eigenvalue weighted by atomic mass is 32.2. The molecular formula is C21H24F2N2O3S2. The molecule has 1 N–H and O–H groups in total. The third-order valence-electron chi connectivity index (χ3n) is 4.97. The summed E-state index contributed by atoms with van der Waals surface area (Å²) >= 11 is 1.52. The molecule has 1 atom stereocenters. The Balaban J connectivity index is 1.47. The zero-order valence-corrected chi connectivity index (χ0v) is 18.0. The molecule has 1 aliphatic rings. The Morgan fingerprint density at radius 1 is 1.13 bits per heavy atom. The van der Waals surface area contributed by atoms with E-state index < -0.39 is 21.8 Å². The number of hydrogen-bond acceptors (Lipinski definition) is 4. The topological polar surface area (TPSA) is 66.5 Å². The number of nitrogens with one attached hydrogen (secondary N) is 1. The second-order valence-electron chi connectivity index (χ2n) is 7.09. The number of rotatable bonds is 8. The molecule has 2 aromatic carbocycles. The number of carbonyl (C=O) groups excluding carboxylic acids is 1. The maximum Gasteiger partial charge on any atom is 0.243 e. The second-order valence-corrected chi connectivity index (χ2v) is 10.1. The van der Waals surface area contributed by atoms with Gasteiger partial charge in [0.05, 0.1) is 10.8 Å². The highest BCUT2D eigenvalue weighted by Gasteiger charge is 2.33. The number of nitrogens with zero attached hydrogens (tertiary/aromatic N) is 1. The second kappa shape index (κ2) is 10.4. The van der Waals surface area contributed by atoms with E-state index in [1.807, 2.05) is 0 Å². The summed E-state index contributed by atoms with van der Waals surface area (Å²) in [6.45, 7) is 0.870. The van der Waals surface area contributed by atoms with E-state index in [1.165, 1.54) is 34.3 Å². The number of benzene rings is 2. The van der Waals surface area contributed by atoms with E-state index >= 15 is 0 Å². The molecule has 1 saturated heterocycles. The monoisotopic (exact) mass is 454 g/mol. The van der Waals surface area contributed by atoms with Crippen LogP contribution in [0.1, 0.15) is 18.4 Å². The van der Waals surface area contributed by atoms with Gasteiger partial charge in [-0.1, -0.05) is 18.2 Å². The molecule has 5 nitrogen and oxygen atoms in total. The third-order valence-corrected chi connectivity index (χ3v) is 7.85. The molecule has 9 heteroatoms. The van der Waals surface area contributed by atoms with Crippen LogP contribution >= 0.6 is 11.8 Å². The lowest BCUT2D eigenvalue weighted by Crippen LogP contribution is -2.45. The highest BCUT2D eigenvalue weighted by Crippen LogP contribution is 2.24. The lowest BCUT2D eigenvalue weighted by Gasteiger charge is -2.31. The van der Waals surface area contributed by atoms with Crippen LogP contribution in [0.15, 0.2) is 53.4 Å². The van der Waals surface area contributed by atoms with Crippen molar-refractivity contribution in [1.82, 2.24) is 9.62 Å². The predicted molar refractivity (Wildman–Crippen MR) is 113 cm³/mol. The molecule has 2 aromatic rings. The van der Waals surface area contributed by atoms with E-state index in [1.54, 1.807) is 18.2 Å². The van der Waals surface area contributed by atoms with Gasteiger partial charge in [-0.25, -0.2) is 17.2 Å². The van der Waals surface area contributed by atoms with Crippen molar-refractivity contribution < 1.29 is 22.0 Å². The summed E-state index contributed by atoms with van der Waals surface area (Å²) in [6.07, 6.45) is 1.20. The van der Waals surface area contributed by atoms with Crippen LogP contribution in [0.2, 0.25) is 0 Å². The molecule has 0 bridgehead atoms. The van der Waals surface area contributed by atoms with Crippen LogP contribution in [0, 0.1) is 17.6 Å². The van der Waals surface area contributed by atoms with Gasteiger partial charge in [0.25, 0.3) is 0 Å². The SMILES string of the molecule is O=C(NCCSCc1ccccc1F)[C@H]1CCCN(S(=O)(=O)c2ccc(F)cc2)C1. The summed E-state index contributed by atoms with van der Waals surface area (Å²) < 4.78 is 53.5. The normalized spacial score (nSPS) is 17.6. The van der Waals surface area contributed by atoms with Crippen molar-refractivity contribution >= 4 is 27.7 Å². The molecule has 1 heterocycles. The van der Waals surface area contributed by atoms with E-state index in [0.29, 0.717) is 43.0 Å². The lowest BCUT2D eigenvalue weighted by atomic mass is 9.99. The summed E-state index contributed by atoms with van der Waals surface area (Å²) in [6, 6.07) is 11.3. The van der Waals surface area contributed by atoms with Gasteiger partial charge >= 0.3 is 0 Å². The fraction of sp³-hybridized carbons (Fsp3) is 0.381. The molecule has 0 spiro atoms. The van der Waals surface area contributed by atoms with Crippen LogP contribution < -0.4 is 5.32 Å². The number of carbonyl (C=O) groups is 1. The highest BCUT2D eigenvalue weighted by molar-refractivity contribution is 7.98. The molecule has 1 fully saturated rings. The minimum absolute atomic E-state index is 0.0227. The number of amides is 1. The van der Waals surface area contributed by atoms with Crippen LogP contribution in [0.3, 0.4) is 0 Å². The van der Waals surface area contributed by atoms with E-state index in [-0.39, 0.29) is 23.2 Å². The quantitative estimate of drug-likeness (QED) is 0.621. The summed E-state index contributed by atoms with van der Waals surface area (Å²) in [5.41, 5.74) is 0.628. The Morgan fingerprint density at radius 2 is 1.87 bits per heavy atom. The minimum Gasteiger partial charge on any atom is -0.355 e. The van der Waals surface area contributed by atoms with Gasteiger partial charge in [0, 0.05) is 31.1 Å². The summed E-state index contributed by atoms with van der Waals surface area (Å²) in [5.74, 6) is -0.192.